The molecule has 5 fully saturated rings. The maximum absolute atomic E-state index is 14.4. The maximum Gasteiger partial charge on any atom is 0.282 e. The number of amides is 1. The zero-order chi connectivity index (χ0) is 34.6. The highest BCUT2D eigenvalue weighted by atomic mass is 32.2. The summed E-state index contributed by atoms with van der Waals surface area (Å²) < 4.78 is 50.2. The van der Waals surface area contributed by atoms with E-state index in [1.807, 2.05) is 27.7 Å². The first-order valence-corrected chi connectivity index (χ1v) is 19.2. The van der Waals surface area contributed by atoms with E-state index >= 15 is 0 Å². The van der Waals surface area contributed by atoms with Crippen molar-refractivity contribution in [1.82, 2.24) is 38.9 Å². The van der Waals surface area contributed by atoms with Gasteiger partial charge in [-0.3, -0.25) is 4.79 Å². The number of carbonyl (C=O) groups excluding carboxylic acids is 1. The molecule has 49 heavy (non-hydrogen) atoms. The average molecular weight is 700 g/mol. The monoisotopic (exact) mass is 699 g/mol. The van der Waals surface area contributed by atoms with Crippen LogP contribution < -0.4 is 15.0 Å². The number of halogens is 1. The fourth-order valence-corrected chi connectivity index (χ4v) is 10.3. The van der Waals surface area contributed by atoms with Gasteiger partial charge in [0.05, 0.1) is 5.56 Å². The zero-order valence-corrected chi connectivity index (χ0v) is 30.0. The third-order valence-corrected chi connectivity index (χ3v) is 13.3. The van der Waals surface area contributed by atoms with E-state index in [0.29, 0.717) is 37.9 Å². The highest BCUT2D eigenvalue weighted by Crippen LogP contribution is 2.45. The van der Waals surface area contributed by atoms with Crippen molar-refractivity contribution in [2.24, 2.45) is 16.7 Å². The summed E-state index contributed by atoms with van der Waals surface area (Å²) >= 11 is 0. The van der Waals surface area contributed by atoms with E-state index in [0.717, 1.165) is 71.5 Å². The Labute approximate surface area is 289 Å². The number of likely N-dealkylation sites (tertiary alicyclic amines) is 1. The van der Waals surface area contributed by atoms with Gasteiger partial charge in [-0.25, -0.2) is 9.37 Å². The van der Waals surface area contributed by atoms with Crippen LogP contribution in [-0.4, -0.2) is 132 Å². The van der Waals surface area contributed by atoms with Crippen LogP contribution in [-0.2, 0) is 10.2 Å². The molecule has 1 N–H and O–H groups in total. The molecule has 0 saturated carbocycles. The lowest BCUT2D eigenvalue weighted by molar-refractivity contribution is 0.0110. The Morgan fingerprint density at radius 2 is 1.67 bits per heavy atom. The molecule has 15 heteroatoms. The van der Waals surface area contributed by atoms with Gasteiger partial charge in [-0.1, -0.05) is 0 Å². The average Bonchev–Trinajstić information content (AvgIpc) is 3.00. The van der Waals surface area contributed by atoms with Crippen molar-refractivity contribution in [3.8, 4) is 11.6 Å². The fraction of sp³-hybridized carbons (Fsp3) is 0.706. The van der Waals surface area contributed by atoms with Crippen LogP contribution in [0.4, 0.5) is 10.2 Å². The molecule has 0 radical (unpaired) electrons. The van der Waals surface area contributed by atoms with Crippen LogP contribution in [0.1, 0.15) is 63.7 Å². The molecule has 13 nitrogen and oxygen atoms in total. The van der Waals surface area contributed by atoms with Crippen molar-refractivity contribution in [2.75, 3.05) is 76.9 Å². The molecule has 268 valence electrons. The van der Waals surface area contributed by atoms with Gasteiger partial charge >= 0.3 is 0 Å². The van der Waals surface area contributed by atoms with Gasteiger partial charge in [-0.05, 0) is 90.6 Å². The van der Waals surface area contributed by atoms with Gasteiger partial charge in [0.25, 0.3) is 22.0 Å². The Kier molecular flexibility index (Phi) is 9.35. The van der Waals surface area contributed by atoms with Gasteiger partial charge in [0.15, 0.2) is 5.82 Å². The number of benzene rings is 1. The van der Waals surface area contributed by atoms with Crippen LogP contribution in [0.2, 0.25) is 0 Å². The first-order chi connectivity index (χ1) is 23.4. The molecule has 5 saturated heterocycles. The Balaban J connectivity index is 0.912. The predicted octanol–water partition coefficient (Wildman–Crippen LogP) is 2.83. The molecule has 1 amide bonds. The minimum absolute atomic E-state index is 0.0780. The van der Waals surface area contributed by atoms with Crippen LogP contribution in [0, 0.1) is 22.6 Å². The predicted molar refractivity (Wildman–Crippen MR) is 183 cm³/mol. The summed E-state index contributed by atoms with van der Waals surface area (Å²) in [6.45, 7) is 16.8. The second-order valence-electron chi connectivity index (χ2n) is 15.6. The maximum atomic E-state index is 14.4. The lowest BCUT2D eigenvalue weighted by Gasteiger charge is -2.56. The number of nitrogens with zero attached hydrogens (tertiary/aromatic N) is 8. The summed E-state index contributed by atoms with van der Waals surface area (Å²) in [5.74, 6) is 0.660. The smallest absolute Gasteiger partial charge is 0.282 e. The Bertz CT molecular complexity index is 1620. The lowest BCUT2D eigenvalue weighted by Crippen LogP contribution is -2.73. The van der Waals surface area contributed by atoms with E-state index in [9.17, 15) is 17.6 Å². The van der Waals surface area contributed by atoms with Gasteiger partial charge < -0.3 is 24.8 Å². The highest BCUT2D eigenvalue weighted by Gasteiger charge is 2.53. The summed E-state index contributed by atoms with van der Waals surface area (Å²) in [4.78, 5) is 24.4. The molecule has 2 aromatic rings. The van der Waals surface area contributed by atoms with E-state index in [-0.39, 0.29) is 46.0 Å². The van der Waals surface area contributed by atoms with E-state index < -0.39 is 16.0 Å². The zero-order valence-electron chi connectivity index (χ0n) is 29.1. The number of hydrogen-bond acceptors (Lipinski definition) is 10. The molecule has 5 aliphatic rings. The number of anilines is 1. The molecule has 1 aromatic heterocycles. The normalized spacial score (nSPS) is 23.0. The van der Waals surface area contributed by atoms with Gasteiger partial charge in [0.2, 0.25) is 0 Å². The summed E-state index contributed by atoms with van der Waals surface area (Å²) in [6.07, 6.45) is 5.37. The third kappa shape index (κ3) is 6.76. The van der Waals surface area contributed by atoms with Gasteiger partial charge in [0.1, 0.15) is 17.9 Å². The van der Waals surface area contributed by atoms with Gasteiger partial charge in [-0.15, -0.1) is 10.2 Å². The summed E-state index contributed by atoms with van der Waals surface area (Å²) in [6, 6.07) is 3.80. The Hall–Kier alpha value is -2.98. The molecule has 0 aliphatic carbocycles. The SMILES string of the molecule is CC(C)N(C(=O)c1cc(F)ccc1Oc1nncnc1N1CC2(CCN(CC3CCN(S(=O)(=O)N4CC5(CNC5)C4)CC3)CC2)C1)C(C)C. The summed E-state index contributed by atoms with van der Waals surface area (Å²) in [5, 5.41) is 11.4. The molecule has 5 aliphatic heterocycles. The van der Waals surface area contributed by atoms with Crippen molar-refractivity contribution in [2.45, 2.75) is 65.5 Å². The van der Waals surface area contributed by atoms with E-state index in [1.165, 1.54) is 24.5 Å². The summed E-state index contributed by atoms with van der Waals surface area (Å²) in [5.41, 5.74) is 0.511. The lowest BCUT2D eigenvalue weighted by atomic mass is 9.72. The summed E-state index contributed by atoms with van der Waals surface area (Å²) in [7, 11) is -3.34. The molecular weight excluding hydrogens is 649 g/mol. The molecular formula is C34H50FN9O4S. The minimum atomic E-state index is -3.34. The third-order valence-electron chi connectivity index (χ3n) is 11.3. The second kappa shape index (κ2) is 13.3. The molecule has 0 unspecified atom stereocenters. The van der Waals surface area contributed by atoms with E-state index in [2.05, 4.69) is 30.3 Å². The molecule has 6 heterocycles. The van der Waals surface area contributed by atoms with Gasteiger partial charge in [-0.2, -0.15) is 17.0 Å². The number of aromatic nitrogens is 3. The van der Waals surface area contributed by atoms with Crippen LogP contribution in [0.3, 0.4) is 0 Å². The number of nitrogens with one attached hydrogen (secondary N) is 1. The minimum Gasteiger partial charge on any atom is -0.434 e. The van der Waals surface area contributed by atoms with Crippen molar-refractivity contribution >= 4 is 21.9 Å². The molecule has 7 rings (SSSR count). The van der Waals surface area contributed by atoms with Crippen molar-refractivity contribution in [1.29, 1.82) is 0 Å². The van der Waals surface area contributed by atoms with Crippen molar-refractivity contribution < 1.29 is 22.3 Å². The number of rotatable bonds is 10. The first kappa shape index (κ1) is 34.5. The Morgan fingerprint density at radius 3 is 2.29 bits per heavy atom. The number of piperidine rings is 2. The molecule has 0 atom stereocenters. The number of ether oxygens (including phenoxy) is 1. The molecule has 0 bridgehead atoms. The van der Waals surface area contributed by atoms with Crippen LogP contribution in [0.15, 0.2) is 24.5 Å². The first-order valence-electron chi connectivity index (χ1n) is 17.8. The molecule has 2 spiro atoms. The van der Waals surface area contributed by atoms with Crippen LogP contribution in [0.25, 0.3) is 0 Å². The van der Waals surface area contributed by atoms with E-state index in [4.69, 9.17) is 4.74 Å². The van der Waals surface area contributed by atoms with Gasteiger partial charge in [0, 0.05) is 81.8 Å². The van der Waals surface area contributed by atoms with Crippen LogP contribution >= 0.6 is 0 Å². The van der Waals surface area contributed by atoms with E-state index in [1.54, 1.807) is 13.5 Å². The highest BCUT2D eigenvalue weighted by molar-refractivity contribution is 7.86. The van der Waals surface area contributed by atoms with Crippen molar-refractivity contribution in [3.05, 3.63) is 35.9 Å². The Morgan fingerprint density at radius 1 is 1.00 bits per heavy atom. The standard InChI is InChI=1S/C34H50FN9O4S/c1-24(2)44(25(3)4)32(45)28-15-27(35)5-6-29(28)48-31-30(37-23-38-39-31)41-19-33(20-41)9-13-40(14-10-33)16-26-7-11-42(12-8-26)49(46,47)43-21-34(22-43)17-36-18-34/h5-6,15,23-26,36H,7-14,16-22H2,1-4H3. The van der Waals surface area contributed by atoms with Crippen molar-refractivity contribution in [3.63, 3.8) is 0 Å². The number of hydrogen-bond donors (Lipinski definition) is 1. The molecule has 1 aromatic carbocycles. The second-order valence-corrected chi connectivity index (χ2v) is 17.5. The largest absolute Gasteiger partial charge is 0.434 e. The van der Waals surface area contributed by atoms with Crippen LogP contribution in [0.5, 0.6) is 11.6 Å². The topological polar surface area (TPSA) is 127 Å². The number of carbonyl (C=O) groups is 1. The quantitative estimate of drug-likeness (QED) is 0.396. The fourth-order valence-electron chi connectivity index (χ4n) is 8.47.